The molecule has 2 aromatic rings. The van der Waals surface area contributed by atoms with E-state index in [1.165, 1.54) is 12.3 Å². The predicted octanol–water partition coefficient (Wildman–Crippen LogP) is 2.45. The molecule has 0 bridgehead atoms. The van der Waals surface area contributed by atoms with Gasteiger partial charge in [0.15, 0.2) is 5.75 Å². The smallest absolute Gasteiger partial charge is 0.240 e. The Morgan fingerprint density at radius 1 is 1.20 bits per heavy atom. The molecule has 7 heteroatoms. The second-order valence-corrected chi connectivity index (χ2v) is 7.98. The Morgan fingerprint density at radius 2 is 1.88 bits per heavy atom. The molecule has 0 radical (unpaired) electrons. The molecule has 0 unspecified atom stereocenters. The molecule has 0 amide bonds. The molecule has 1 heterocycles. The third-order valence-corrected chi connectivity index (χ3v) is 5.02. The number of nitrogens with one attached hydrogen (secondary N) is 2. The Bertz CT molecular complexity index is 855. The number of benzene rings is 1. The van der Waals surface area contributed by atoms with E-state index in [1.54, 1.807) is 24.3 Å². The SMILES string of the molecule is CCc1ccc(S(=O)(=O)NCc2cc(=O)c(OCC(C)C)c[nH]2)cc1. The summed E-state index contributed by atoms with van der Waals surface area (Å²) in [6.07, 6.45) is 2.31. The van der Waals surface area contributed by atoms with Gasteiger partial charge in [-0.1, -0.05) is 32.9 Å². The molecule has 0 fully saturated rings. The van der Waals surface area contributed by atoms with Crippen molar-refractivity contribution in [2.45, 2.75) is 38.6 Å². The number of aromatic nitrogens is 1. The van der Waals surface area contributed by atoms with Gasteiger partial charge in [0, 0.05) is 18.0 Å². The quantitative estimate of drug-likeness (QED) is 0.753. The lowest BCUT2D eigenvalue weighted by molar-refractivity contribution is 0.267. The van der Waals surface area contributed by atoms with Crippen LogP contribution in [-0.2, 0) is 23.0 Å². The minimum atomic E-state index is -3.63. The van der Waals surface area contributed by atoms with Gasteiger partial charge in [0.25, 0.3) is 0 Å². The average Bonchev–Trinajstić information content (AvgIpc) is 2.59. The highest BCUT2D eigenvalue weighted by Gasteiger charge is 2.14. The molecule has 0 aliphatic rings. The third-order valence-electron chi connectivity index (χ3n) is 3.60. The molecule has 0 atom stereocenters. The number of hydrogen-bond donors (Lipinski definition) is 2. The van der Waals surface area contributed by atoms with Gasteiger partial charge >= 0.3 is 0 Å². The normalized spacial score (nSPS) is 11.7. The summed E-state index contributed by atoms with van der Waals surface area (Å²) in [4.78, 5) is 15.1. The van der Waals surface area contributed by atoms with Crippen LogP contribution in [0.1, 0.15) is 32.0 Å². The zero-order chi connectivity index (χ0) is 18.4. The Labute approximate surface area is 148 Å². The highest BCUT2D eigenvalue weighted by Crippen LogP contribution is 2.11. The minimum absolute atomic E-state index is 0.00242. The van der Waals surface area contributed by atoms with Crippen molar-refractivity contribution in [2.24, 2.45) is 5.92 Å². The maximum absolute atomic E-state index is 12.3. The van der Waals surface area contributed by atoms with E-state index < -0.39 is 10.0 Å². The minimum Gasteiger partial charge on any atom is -0.488 e. The Morgan fingerprint density at radius 3 is 2.44 bits per heavy atom. The Kier molecular flexibility index (Phi) is 6.39. The lowest BCUT2D eigenvalue weighted by atomic mass is 10.2. The van der Waals surface area contributed by atoms with E-state index in [0.29, 0.717) is 18.2 Å². The summed E-state index contributed by atoms with van der Waals surface area (Å²) in [5.41, 5.74) is 1.26. The van der Waals surface area contributed by atoms with Gasteiger partial charge in [0.2, 0.25) is 15.5 Å². The maximum atomic E-state index is 12.3. The largest absolute Gasteiger partial charge is 0.488 e. The monoisotopic (exact) mass is 364 g/mol. The van der Waals surface area contributed by atoms with E-state index in [2.05, 4.69) is 9.71 Å². The number of hydrogen-bond acceptors (Lipinski definition) is 4. The molecule has 0 aliphatic heterocycles. The van der Waals surface area contributed by atoms with Crippen LogP contribution in [0.15, 0.2) is 46.2 Å². The summed E-state index contributed by atoms with van der Waals surface area (Å²) >= 11 is 0. The molecule has 0 spiro atoms. The summed E-state index contributed by atoms with van der Waals surface area (Å²) in [6, 6.07) is 8.08. The summed E-state index contributed by atoms with van der Waals surface area (Å²) in [5.74, 6) is 0.542. The van der Waals surface area contributed by atoms with Crippen molar-refractivity contribution in [2.75, 3.05) is 6.61 Å². The lowest BCUT2D eigenvalue weighted by Crippen LogP contribution is -2.24. The van der Waals surface area contributed by atoms with E-state index in [9.17, 15) is 13.2 Å². The van der Waals surface area contributed by atoms with Crippen LogP contribution in [0.4, 0.5) is 0 Å². The van der Waals surface area contributed by atoms with Crippen molar-refractivity contribution in [1.29, 1.82) is 0 Å². The van der Waals surface area contributed by atoms with Gasteiger partial charge < -0.3 is 9.72 Å². The van der Waals surface area contributed by atoms with Crippen molar-refractivity contribution >= 4 is 10.0 Å². The fourth-order valence-electron chi connectivity index (χ4n) is 2.13. The van der Waals surface area contributed by atoms with Crippen LogP contribution >= 0.6 is 0 Å². The number of aryl methyl sites for hydroxylation is 1. The lowest BCUT2D eigenvalue weighted by Gasteiger charge is -2.10. The standard InChI is InChI=1S/C18H24N2O4S/c1-4-14-5-7-16(8-6-14)25(22,23)20-10-15-9-17(21)18(11-19-15)24-12-13(2)3/h5-9,11,13,20H,4,10,12H2,1-3H3,(H,19,21). The van der Waals surface area contributed by atoms with E-state index in [-0.39, 0.29) is 22.6 Å². The zero-order valence-electron chi connectivity index (χ0n) is 14.7. The van der Waals surface area contributed by atoms with Crippen LogP contribution in [0, 0.1) is 5.92 Å². The third kappa shape index (κ3) is 5.44. The van der Waals surface area contributed by atoms with Crippen LogP contribution in [0.25, 0.3) is 0 Å². The molecule has 6 nitrogen and oxygen atoms in total. The number of H-pyrrole nitrogens is 1. The highest BCUT2D eigenvalue weighted by atomic mass is 32.2. The predicted molar refractivity (Wildman–Crippen MR) is 97.2 cm³/mol. The Hall–Kier alpha value is -2.12. The fraction of sp³-hybridized carbons (Fsp3) is 0.389. The van der Waals surface area contributed by atoms with Gasteiger partial charge in [-0.3, -0.25) is 4.79 Å². The van der Waals surface area contributed by atoms with E-state index in [1.807, 2.05) is 20.8 Å². The first-order valence-electron chi connectivity index (χ1n) is 8.25. The summed E-state index contributed by atoms with van der Waals surface area (Å²) in [5, 5.41) is 0. The summed E-state index contributed by atoms with van der Waals surface area (Å²) in [7, 11) is -3.63. The van der Waals surface area contributed by atoms with Gasteiger partial charge in [-0.25, -0.2) is 13.1 Å². The topological polar surface area (TPSA) is 88.3 Å². The maximum Gasteiger partial charge on any atom is 0.240 e. The van der Waals surface area contributed by atoms with Crippen LogP contribution in [-0.4, -0.2) is 20.0 Å². The van der Waals surface area contributed by atoms with Gasteiger partial charge in [0.1, 0.15) is 0 Å². The van der Waals surface area contributed by atoms with Gasteiger partial charge in [-0.15, -0.1) is 0 Å². The van der Waals surface area contributed by atoms with E-state index in [0.717, 1.165) is 12.0 Å². The fourth-order valence-corrected chi connectivity index (χ4v) is 3.14. The zero-order valence-corrected chi connectivity index (χ0v) is 15.5. The molecule has 2 rings (SSSR count). The van der Waals surface area contributed by atoms with Crippen LogP contribution in [0.3, 0.4) is 0 Å². The molecular formula is C18H24N2O4S. The van der Waals surface area contributed by atoms with Crippen LogP contribution < -0.4 is 14.9 Å². The number of rotatable bonds is 8. The molecule has 1 aromatic carbocycles. The van der Waals surface area contributed by atoms with Crippen LogP contribution in [0.2, 0.25) is 0 Å². The average molecular weight is 364 g/mol. The molecule has 0 aliphatic carbocycles. The van der Waals surface area contributed by atoms with Crippen molar-refractivity contribution in [1.82, 2.24) is 9.71 Å². The van der Waals surface area contributed by atoms with E-state index >= 15 is 0 Å². The number of aromatic amines is 1. The second kappa shape index (κ2) is 8.31. The molecule has 1 aromatic heterocycles. The summed E-state index contributed by atoms with van der Waals surface area (Å²) in [6.45, 7) is 6.43. The number of sulfonamides is 1. The van der Waals surface area contributed by atoms with Crippen molar-refractivity contribution in [3.8, 4) is 5.75 Å². The van der Waals surface area contributed by atoms with Gasteiger partial charge in [-0.2, -0.15) is 0 Å². The molecule has 0 saturated heterocycles. The molecule has 2 N–H and O–H groups in total. The number of ether oxygens (including phenoxy) is 1. The molecule has 25 heavy (non-hydrogen) atoms. The number of pyridine rings is 1. The first kappa shape index (κ1) is 19.2. The van der Waals surface area contributed by atoms with Crippen molar-refractivity contribution in [3.63, 3.8) is 0 Å². The second-order valence-electron chi connectivity index (χ2n) is 6.21. The van der Waals surface area contributed by atoms with Crippen LogP contribution in [0.5, 0.6) is 5.75 Å². The first-order chi connectivity index (χ1) is 11.8. The van der Waals surface area contributed by atoms with E-state index in [4.69, 9.17) is 4.74 Å². The molecular weight excluding hydrogens is 340 g/mol. The van der Waals surface area contributed by atoms with Gasteiger partial charge in [0.05, 0.1) is 18.0 Å². The van der Waals surface area contributed by atoms with Gasteiger partial charge in [-0.05, 0) is 30.0 Å². The Balaban J connectivity index is 2.04. The molecule has 0 saturated carbocycles. The highest BCUT2D eigenvalue weighted by molar-refractivity contribution is 7.89. The van der Waals surface area contributed by atoms with Crippen molar-refractivity contribution < 1.29 is 13.2 Å². The first-order valence-corrected chi connectivity index (χ1v) is 9.73. The molecule has 136 valence electrons. The summed E-state index contributed by atoms with van der Waals surface area (Å²) < 4.78 is 32.5. The van der Waals surface area contributed by atoms with Crippen molar-refractivity contribution in [3.05, 3.63) is 58.0 Å².